The van der Waals surface area contributed by atoms with E-state index in [0.717, 1.165) is 38.7 Å². The summed E-state index contributed by atoms with van der Waals surface area (Å²) in [5.74, 6) is -1.23. The number of benzene rings is 4. The minimum absolute atomic E-state index is 0.204. The second-order valence-corrected chi connectivity index (χ2v) is 9.68. The van der Waals surface area contributed by atoms with Crippen molar-refractivity contribution < 1.29 is 14.7 Å². The first kappa shape index (κ1) is 23.6. The van der Waals surface area contributed by atoms with Gasteiger partial charge >= 0.3 is 5.97 Å². The topological polar surface area (TPSA) is 97.1 Å². The van der Waals surface area contributed by atoms with Crippen molar-refractivity contribution in [2.24, 2.45) is 0 Å². The maximum absolute atomic E-state index is 13.5. The monoisotopic (exact) mass is 518 g/mol. The Balaban J connectivity index is 1.35. The summed E-state index contributed by atoms with van der Waals surface area (Å²) in [6.45, 7) is 0.779. The zero-order chi connectivity index (χ0) is 26.1. The van der Waals surface area contributed by atoms with Crippen LogP contribution in [-0.4, -0.2) is 31.1 Å². The van der Waals surface area contributed by atoms with Crippen molar-refractivity contribution in [1.29, 1.82) is 0 Å². The van der Waals surface area contributed by atoms with E-state index < -0.39 is 5.97 Å². The van der Waals surface area contributed by atoms with Gasteiger partial charge < -0.3 is 10.4 Å². The number of nitrogens with zero attached hydrogens (tertiary/aromatic N) is 3. The summed E-state index contributed by atoms with van der Waals surface area (Å²) in [5.41, 5.74) is 5.00. The number of aromatic carboxylic acids is 1. The minimum Gasteiger partial charge on any atom is -0.478 e. The van der Waals surface area contributed by atoms with E-state index in [-0.39, 0.29) is 18.0 Å². The molecule has 2 heterocycles. The molecule has 2 aromatic heterocycles. The van der Waals surface area contributed by atoms with Gasteiger partial charge in [0.2, 0.25) is 0 Å². The van der Waals surface area contributed by atoms with Gasteiger partial charge in [0, 0.05) is 22.9 Å². The molecule has 0 aliphatic heterocycles. The van der Waals surface area contributed by atoms with Crippen LogP contribution in [0.5, 0.6) is 0 Å². The van der Waals surface area contributed by atoms with Crippen molar-refractivity contribution >= 4 is 45.1 Å². The third kappa shape index (κ3) is 4.65. The second-order valence-electron chi connectivity index (χ2n) is 9.01. The molecule has 0 unspecified atom stereocenters. The van der Waals surface area contributed by atoms with Crippen molar-refractivity contribution in [2.45, 2.75) is 13.1 Å². The largest absolute Gasteiger partial charge is 0.478 e. The van der Waals surface area contributed by atoms with Crippen LogP contribution in [-0.2, 0) is 13.1 Å². The molecule has 186 valence electrons. The van der Waals surface area contributed by atoms with Crippen LogP contribution in [0.1, 0.15) is 31.8 Å². The van der Waals surface area contributed by atoms with Crippen LogP contribution < -0.4 is 5.32 Å². The van der Waals surface area contributed by atoms with Gasteiger partial charge in [0.05, 0.1) is 35.1 Å². The second kappa shape index (κ2) is 9.91. The van der Waals surface area contributed by atoms with Gasteiger partial charge in [0.25, 0.3) is 5.91 Å². The molecule has 0 bridgehead atoms. The van der Waals surface area contributed by atoms with E-state index in [1.54, 1.807) is 18.3 Å². The number of hydrogen-bond acceptors (Lipinski definition) is 5. The zero-order valence-corrected chi connectivity index (χ0v) is 21.0. The first-order chi connectivity index (χ1) is 18.5. The van der Waals surface area contributed by atoms with Crippen molar-refractivity contribution in [3.63, 3.8) is 0 Å². The molecule has 1 amide bonds. The van der Waals surface area contributed by atoms with Crippen LogP contribution in [0.3, 0.4) is 0 Å². The number of carboxylic acid groups (broad SMARTS) is 1. The van der Waals surface area contributed by atoms with Crippen LogP contribution in [0, 0.1) is 0 Å². The van der Waals surface area contributed by atoms with Gasteiger partial charge in [-0.3, -0.25) is 9.48 Å². The lowest BCUT2D eigenvalue weighted by atomic mass is 10.0. The molecule has 38 heavy (non-hydrogen) atoms. The van der Waals surface area contributed by atoms with Crippen molar-refractivity contribution in [1.82, 2.24) is 19.5 Å². The van der Waals surface area contributed by atoms with Gasteiger partial charge in [0.15, 0.2) is 0 Å². The first-order valence-electron chi connectivity index (χ1n) is 12.0. The van der Waals surface area contributed by atoms with E-state index in [0.29, 0.717) is 12.1 Å². The number of amides is 1. The van der Waals surface area contributed by atoms with Gasteiger partial charge in [-0.05, 0) is 69.8 Å². The molecule has 0 atom stereocenters. The molecule has 0 aliphatic rings. The summed E-state index contributed by atoms with van der Waals surface area (Å²) in [7, 11) is 0. The van der Waals surface area contributed by atoms with E-state index in [1.807, 2.05) is 40.4 Å². The summed E-state index contributed by atoms with van der Waals surface area (Å²) < 4.78 is 6.31. The number of nitrogens with one attached hydrogen (secondary N) is 1. The molecule has 8 heteroatoms. The van der Waals surface area contributed by atoms with E-state index in [4.69, 9.17) is 5.11 Å². The number of hydrogen-bond donors (Lipinski definition) is 2. The van der Waals surface area contributed by atoms with Crippen LogP contribution in [0.2, 0.25) is 0 Å². The van der Waals surface area contributed by atoms with Gasteiger partial charge in [-0.15, -0.1) is 0 Å². The third-order valence-electron chi connectivity index (χ3n) is 6.51. The highest BCUT2D eigenvalue weighted by Gasteiger charge is 2.18. The lowest BCUT2D eigenvalue weighted by molar-refractivity contribution is 0.0696. The zero-order valence-electron chi connectivity index (χ0n) is 20.2. The van der Waals surface area contributed by atoms with E-state index >= 15 is 0 Å². The molecule has 6 aromatic rings. The Morgan fingerprint density at radius 3 is 2.42 bits per heavy atom. The average molecular weight is 519 g/mol. The van der Waals surface area contributed by atoms with Gasteiger partial charge in [-0.25, -0.2) is 4.79 Å². The maximum atomic E-state index is 13.5. The number of rotatable bonds is 7. The summed E-state index contributed by atoms with van der Waals surface area (Å²) in [4.78, 5) is 24.7. The fourth-order valence-electron chi connectivity index (χ4n) is 4.59. The van der Waals surface area contributed by atoms with E-state index in [9.17, 15) is 9.59 Å². The lowest BCUT2D eigenvalue weighted by Gasteiger charge is -2.12. The Kier molecular flexibility index (Phi) is 6.15. The lowest BCUT2D eigenvalue weighted by Crippen LogP contribution is -2.24. The Morgan fingerprint density at radius 1 is 0.868 bits per heavy atom. The molecule has 7 nitrogen and oxygen atoms in total. The highest BCUT2D eigenvalue weighted by molar-refractivity contribution is 7.03. The molecule has 6 rings (SSSR count). The highest BCUT2D eigenvalue weighted by atomic mass is 32.1. The number of carbonyl (C=O) groups excluding carboxylic acids is 1. The first-order valence-corrected chi connectivity index (χ1v) is 12.9. The predicted molar refractivity (Wildman–Crippen MR) is 148 cm³/mol. The summed E-state index contributed by atoms with van der Waals surface area (Å²) in [6.07, 6.45) is 1.79. The molecule has 0 saturated heterocycles. The standard InChI is InChI=1S/C30H22N4O3S/c35-29(31-16-19-5-9-22(10-6-19)30(36)37)26-15-24(27-11-12-38-33-27)14-25-17-32-34(28(25)26)18-20-7-8-21-3-1-2-4-23(21)13-20/h1-15,17H,16,18H2,(H,31,35)(H,36,37). The normalized spacial score (nSPS) is 11.2. The molecule has 0 fully saturated rings. The number of aromatic nitrogens is 3. The van der Waals surface area contributed by atoms with E-state index in [1.165, 1.54) is 29.1 Å². The van der Waals surface area contributed by atoms with Crippen LogP contribution in [0.25, 0.3) is 32.9 Å². The highest BCUT2D eigenvalue weighted by Crippen LogP contribution is 2.29. The molecule has 0 radical (unpaired) electrons. The summed E-state index contributed by atoms with van der Waals surface area (Å²) in [6, 6.07) is 26.8. The van der Waals surface area contributed by atoms with Gasteiger partial charge in [0.1, 0.15) is 0 Å². The molecular weight excluding hydrogens is 496 g/mol. The quantitative estimate of drug-likeness (QED) is 0.271. The Bertz CT molecular complexity index is 1790. The smallest absolute Gasteiger partial charge is 0.335 e. The van der Waals surface area contributed by atoms with Crippen molar-refractivity contribution in [3.8, 4) is 11.3 Å². The predicted octanol–water partition coefficient (Wildman–Crippen LogP) is 5.99. The Labute approximate surface area is 222 Å². The fraction of sp³-hybridized carbons (Fsp3) is 0.0667. The SMILES string of the molecule is O=C(O)c1ccc(CNC(=O)c2cc(-c3ccsn3)cc3cnn(Cc4ccc5ccccc5c4)c23)cc1. The van der Waals surface area contributed by atoms with Gasteiger partial charge in [-0.1, -0.05) is 48.5 Å². The average Bonchev–Trinajstić information content (AvgIpc) is 3.62. The third-order valence-corrected chi connectivity index (χ3v) is 7.07. The Hall–Kier alpha value is -4.82. The van der Waals surface area contributed by atoms with Crippen LogP contribution in [0.4, 0.5) is 0 Å². The molecule has 4 aromatic carbocycles. The Morgan fingerprint density at radius 2 is 1.66 bits per heavy atom. The minimum atomic E-state index is -0.985. The molecule has 0 saturated carbocycles. The van der Waals surface area contributed by atoms with Crippen LogP contribution in [0.15, 0.2) is 96.5 Å². The van der Waals surface area contributed by atoms with Crippen LogP contribution >= 0.6 is 11.5 Å². The number of carboxylic acids is 1. The van der Waals surface area contributed by atoms with E-state index in [2.05, 4.69) is 45.1 Å². The summed E-state index contributed by atoms with van der Waals surface area (Å²) >= 11 is 1.36. The summed E-state index contributed by atoms with van der Waals surface area (Å²) in [5, 5.41) is 21.8. The number of fused-ring (bicyclic) bond motifs is 2. The maximum Gasteiger partial charge on any atom is 0.335 e. The molecular formula is C30H22N4O3S. The van der Waals surface area contributed by atoms with Crippen molar-refractivity contribution in [3.05, 3.63) is 119 Å². The molecule has 2 N–H and O–H groups in total. The number of carbonyl (C=O) groups is 2. The van der Waals surface area contributed by atoms with Crippen molar-refractivity contribution in [2.75, 3.05) is 0 Å². The molecule has 0 spiro atoms. The van der Waals surface area contributed by atoms with Gasteiger partial charge in [-0.2, -0.15) is 9.47 Å². The molecule has 0 aliphatic carbocycles. The fourth-order valence-corrected chi connectivity index (χ4v) is 5.12.